The average molecular weight is 489 g/mol. The van der Waals surface area contributed by atoms with Crippen molar-refractivity contribution in [1.29, 1.82) is 0 Å². The topological polar surface area (TPSA) is 162 Å². The molecule has 0 atom stereocenters. The van der Waals surface area contributed by atoms with Crippen LogP contribution >= 0.6 is 0 Å². The van der Waals surface area contributed by atoms with Crippen molar-refractivity contribution in [2.45, 2.75) is 38.5 Å². The van der Waals surface area contributed by atoms with Crippen LogP contribution in [-0.4, -0.2) is 142 Å². The van der Waals surface area contributed by atoms with E-state index < -0.39 is 23.9 Å². The van der Waals surface area contributed by atoms with Crippen LogP contribution in [-0.2, 0) is 19.2 Å². The first-order chi connectivity index (χ1) is 16.2. The molecule has 0 aromatic rings. The molecule has 34 heavy (non-hydrogen) atoms. The second-order valence-electron chi connectivity index (χ2n) is 8.65. The third-order valence-electron chi connectivity index (χ3n) is 5.93. The summed E-state index contributed by atoms with van der Waals surface area (Å²) in [6, 6.07) is 0. The number of hydrogen-bond donors (Lipinski definition) is 4. The van der Waals surface area contributed by atoms with Gasteiger partial charge in [-0.05, 0) is 39.0 Å². The molecule has 0 aromatic carbocycles. The van der Waals surface area contributed by atoms with Crippen LogP contribution in [0.25, 0.3) is 0 Å². The number of carboxylic acids is 4. The minimum atomic E-state index is -0.869. The van der Waals surface area contributed by atoms with E-state index >= 15 is 0 Å². The van der Waals surface area contributed by atoms with Crippen molar-refractivity contribution >= 4 is 23.9 Å². The molecule has 12 nitrogen and oxygen atoms in total. The molecule has 0 saturated carbocycles. The predicted octanol–water partition coefficient (Wildman–Crippen LogP) is -0.113. The SMILES string of the molecule is O=C(O)CCN1CCCN(CCC(=O)O)CCN(CCC(=O)O)CCCN(CCC(=O)O)CC1. The first-order valence-corrected chi connectivity index (χ1v) is 11.9. The molecule has 1 aliphatic rings. The van der Waals surface area contributed by atoms with Crippen LogP contribution in [0.5, 0.6) is 0 Å². The standard InChI is InChI=1S/C22H40N4O8/c27-19(28)3-11-23-7-1-8-24(12-4-20(29)30)16-18-26(14-6-22(33)34)10-2-9-25(17-15-23)13-5-21(31)32/h1-18H2,(H,27,28)(H,29,30)(H,31,32)(H,33,34). The fraction of sp³-hybridized carbons (Fsp3) is 0.818. The summed E-state index contributed by atoms with van der Waals surface area (Å²) in [4.78, 5) is 52.5. The van der Waals surface area contributed by atoms with Gasteiger partial charge >= 0.3 is 23.9 Å². The van der Waals surface area contributed by atoms with Gasteiger partial charge in [0.15, 0.2) is 0 Å². The van der Waals surface area contributed by atoms with Gasteiger partial charge in [0.25, 0.3) is 0 Å². The number of carboxylic acid groups (broad SMARTS) is 4. The zero-order valence-corrected chi connectivity index (χ0v) is 19.9. The van der Waals surface area contributed by atoms with Crippen LogP contribution in [0, 0.1) is 0 Å². The van der Waals surface area contributed by atoms with Crippen molar-refractivity contribution in [2.24, 2.45) is 0 Å². The van der Waals surface area contributed by atoms with Gasteiger partial charge < -0.3 is 40.0 Å². The Morgan fingerprint density at radius 2 is 0.618 bits per heavy atom. The fourth-order valence-corrected chi connectivity index (χ4v) is 3.96. The van der Waals surface area contributed by atoms with Crippen molar-refractivity contribution in [2.75, 3.05) is 78.5 Å². The second kappa shape index (κ2) is 17.2. The molecule has 1 fully saturated rings. The Balaban J connectivity index is 2.87. The Morgan fingerprint density at radius 3 is 0.794 bits per heavy atom. The molecule has 1 heterocycles. The molecule has 0 amide bonds. The van der Waals surface area contributed by atoms with Crippen molar-refractivity contribution in [3.05, 3.63) is 0 Å². The summed E-state index contributed by atoms with van der Waals surface area (Å²) in [6.07, 6.45) is 1.58. The van der Waals surface area contributed by atoms with Gasteiger partial charge in [-0.15, -0.1) is 0 Å². The van der Waals surface area contributed by atoms with E-state index in [0.29, 0.717) is 78.5 Å². The normalized spacial score (nSPS) is 18.8. The highest BCUT2D eigenvalue weighted by atomic mass is 16.4. The maximum Gasteiger partial charge on any atom is 0.304 e. The van der Waals surface area contributed by atoms with Gasteiger partial charge in [0.1, 0.15) is 0 Å². The van der Waals surface area contributed by atoms with E-state index in [0.717, 1.165) is 12.8 Å². The quantitative estimate of drug-likeness (QED) is 0.289. The Morgan fingerprint density at radius 1 is 0.412 bits per heavy atom. The van der Waals surface area contributed by atoms with Crippen molar-refractivity contribution in [1.82, 2.24) is 19.6 Å². The highest BCUT2D eigenvalue weighted by molar-refractivity contribution is 5.67. The lowest BCUT2D eigenvalue weighted by atomic mass is 10.2. The maximum atomic E-state index is 11.1. The van der Waals surface area contributed by atoms with Crippen LogP contribution in [0.2, 0.25) is 0 Å². The van der Waals surface area contributed by atoms with E-state index in [-0.39, 0.29) is 25.7 Å². The second-order valence-corrected chi connectivity index (χ2v) is 8.65. The van der Waals surface area contributed by atoms with E-state index in [4.69, 9.17) is 20.4 Å². The Labute approximate surface area is 200 Å². The summed E-state index contributed by atoms with van der Waals surface area (Å²) < 4.78 is 0. The largest absolute Gasteiger partial charge is 0.481 e. The van der Waals surface area contributed by atoms with Crippen molar-refractivity contribution in [3.63, 3.8) is 0 Å². The molecule has 196 valence electrons. The molecule has 0 aromatic heterocycles. The number of hydrogen-bond acceptors (Lipinski definition) is 8. The Kier molecular flexibility index (Phi) is 15.0. The molecular formula is C22H40N4O8. The van der Waals surface area contributed by atoms with Crippen LogP contribution in [0.15, 0.2) is 0 Å². The maximum absolute atomic E-state index is 11.1. The summed E-state index contributed by atoms with van der Waals surface area (Å²) >= 11 is 0. The zero-order valence-electron chi connectivity index (χ0n) is 19.9. The Hall–Kier alpha value is -2.28. The molecule has 1 aliphatic heterocycles. The van der Waals surface area contributed by atoms with E-state index in [9.17, 15) is 19.2 Å². The highest BCUT2D eigenvalue weighted by Gasteiger charge is 2.17. The van der Waals surface area contributed by atoms with Gasteiger partial charge in [-0.2, -0.15) is 0 Å². The third-order valence-corrected chi connectivity index (χ3v) is 5.93. The molecule has 12 heteroatoms. The molecule has 0 unspecified atom stereocenters. The average Bonchev–Trinajstić information content (AvgIpc) is 2.76. The molecular weight excluding hydrogens is 448 g/mol. The summed E-state index contributed by atoms with van der Waals surface area (Å²) in [6.45, 7) is 6.71. The molecule has 4 N–H and O–H groups in total. The molecule has 0 bridgehead atoms. The van der Waals surface area contributed by atoms with E-state index in [2.05, 4.69) is 19.6 Å². The molecule has 1 rings (SSSR count). The van der Waals surface area contributed by atoms with Gasteiger partial charge in [-0.25, -0.2) is 0 Å². The zero-order chi connectivity index (χ0) is 25.3. The van der Waals surface area contributed by atoms with Crippen LogP contribution in [0.1, 0.15) is 38.5 Å². The van der Waals surface area contributed by atoms with Gasteiger partial charge in [0, 0.05) is 52.4 Å². The number of aliphatic carboxylic acids is 4. The monoisotopic (exact) mass is 488 g/mol. The van der Waals surface area contributed by atoms with E-state index in [1.165, 1.54) is 0 Å². The lowest BCUT2D eigenvalue weighted by molar-refractivity contribution is -0.138. The first-order valence-electron chi connectivity index (χ1n) is 11.9. The third kappa shape index (κ3) is 15.5. The van der Waals surface area contributed by atoms with Gasteiger partial charge in [-0.1, -0.05) is 0 Å². The number of carbonyl (C=O) groups is 4. The summed E-state index contributed by atoms with van der Waals surface area (Å²) in [5.74, 6) is -3.48. The van der Waals surface area contributed by atoms with Crippen LogP contribution in [0.3, 0.4) is 0 Å². The van der Waals surface area contributed by atoms with E-state index in [1.54, 1.807) is 0 Å². The van der Waals surface area contributed by atoms with Crippen molar-refractivity contribution < 1.29 is 39.6 Å². The minimum Gasteiger partial charge on any atom is -0.481 e. The van der Waals surface area contributed by atoms with Crippen molar-refractivity contribution in [3.8, 4) is 0 Å². The van der Waals surface area contributed by atoms with Crippen LogP contribution in [0.4, 0.5) is 0 Å². The van der Waals surface area contributed by atoms with Gasteiger partial charge in [0.05, 0.1) is 25.7 Å². The summed E-state index contributed by atoms with van der Waals surface area (Å²) in [5.41, 5.74) is 0. The molecule has 0 spiro atoms. The lowest BCUT2D eigenvalue weighted by Crippen LogP contribution is -2.42. The number of nitrogens with zero attached hydrogens (tertiary/aromatic N) is 4. The van der Waals surface area contributed by atoms with Gasteiger partial charge in [0.2, 0.25) is 0 Å². The predicted molar refractivity (Wildman–Crippen MR) is 124 cm³/mol. The molecule has 1 saturated heterocycles. The first kappa shape index (κ1) is 29.8. The van der Waals surface area contributed by atoms with Crippen LogP contribution < -0.4 is 0 Å². The van der Waals surface area contributed by atoms with E-state index in [1.807, 2.05) is 0 Å². The Bertz CT molecular complexity index is 542. The van der Waals surface area contributed by atoms with Gasteiger partial charge in [-0.3, -0.25) is 19.2 Å². The summed E-state index contributed by atoms with van der Waals surface area (Å²) in [5, 5.41) is 36.3. The molecule has 0 aliphatic carbocycles. The lowest BCUT2D eigenvalue weighted by Gasteiger charge is -2.31. The number of rotatable bonds is 12. The smallest absolute Gasteiger partial charge is 0.304 e. The summed E-state index contributed by atoms with van der Waals surface area (Å²) in [7, 11) is 0. The molecule has 0 radical (unpaired) electrons. The fourth-order valence-electron chi connectivity index (χ4n) is 3.96. The minimum absolute atomic E-state index is 0.0242. The highest BCUT2D eigenvalue weighted by Crippen LogP contribution is 2.05.